The van der Waals surface area contributed by atoms with Gasteiger partial charge in [0.2, 0.25) is 0 Å². The van der Waals surface area contributed by atoms with Crippen LogP contribution in [0.25, 0.3) is 0 Å². The van der Waals surface area contributed by atoms with E-state index in [0.29, 0.717) is 6.04 Å². The fourth-order valence-electron chi connectivity index (χ4n) is 2.69. The Hall–Kier alpha value is -1.02. The number of hydrogen-bond donors (Lipinski definition) is 1. The van der Waals surface area contributed by atoms with E-state index in [1.807, 2.05) is 0 Å². The molecular formula is C15H24N2. The van der Waals surface area contributed by atoms with Crippen molar-refractivity contribution < 1.29 is 0 Å². The smallest absolute Gasteiger partial charge is 0.0402 e. The lowest BCUT2D eigenvalue weighted by Gasteiger charge is -2.31. The first-order chi connectivity index (χ1) is 8.24. The number of anilines is 1. The van der Waals surface area contributed by atoms with Crippen LogP contribution in [0.1, 0.15) is 37.8 Å². The van der Waals surface area contributed by atoms with Gasteiger partial charge in [-0.1, -0.05) is 25.5 Å². The summed E-state index contributed by atoms with van der Waals surface area (Å²) in [6, 6.07) is 7.34. The highest BCUT2D eigenvalue weighted by Crippen LogP contribution is 2.27. The van der Waals surface area contributed by atoms with Crippen LogP contribution in [-0.2, 0) is 13.0 Å². The Labute approximate surface area is 105 Å². The van der Waals surface area contributed by atoms with Gasteiger partial charge < -0.3 is 10.2 Å². The average molecular weight is 232 g/mol. The first-order valence-corrected chi connectivity index (χ1v) is 6.78. The van der Waals surface area contributed by atoms with Gasteiger partial charge in [-0.05, 0) is 43.5 Å². The molecule has 0 aromatic heterocycles. The van der Waals surface area contributed by atoms with E-state index in [4.69, 9.17) is 0 Å². The summed E-state index contributed by atoms with van der Waals surface area (Å²) in [4.78, 5) is 2.45. The second kappa shape index (κ2) is 5.54. The lowest BCUT2D eigenvalue weighted by Crippen LogP contribution is -2.32. The van der Waals surface area contributed by atoms with Crippen LogP contribution in [0, 0.1) is 0 Å². The molecule has 1 N–H and O–H groups in total. The number of rotatable bonds is 4. The van der Waals surface area contributed by atoms with Gasteiger partial charge in [-0.2, -0.15) is 0 Å². The molecule has 2 heteroatoms. The molecule has 2 rings (SSSR count). The summed E-state index contributed by atoms with van der Waals surface area (Å²) in [5, 5.41) is 3.44. The maximum absolute atomic E-state index is 3.44. The van der Waals surface area contributed by atoms with Crippen LogP contribution in [-0.4, -0.2) is 19.6 Å². The molecule has 1 heterocycles. The lowest BCUT2D eigenvalue weighted by molar-refractivity contribution is 0.604. The Kier molecular flexibility index (Phi) is 4.06. The summed E-state index contributed by atoms with van der Waals surface area (Å²) in [7, 11) is 2.23. The number of hydrogen-bond acceptors (Lipinski definition) is 2. The van der Waals surface area contributed by atoms with Gasteiger partial charge in [0.05, 0.1) is 0 Å². The fourth-order valence-corrected chi connectivity index (χ4v) is 2.69. The first-order valence-electron chi connectivity index (χ1n) is 6.78. The number of fused-ring (bicyclic) bond motifs is 1. The maximum Gasteiger partial charge on any atom is 0.0402 e. The van der Waals surface area contributed by atoms with Gasteiger partial charge in [-0.15, -0.1) is 0 Å². The van der Waals surface area contributed by atoms with Crippen molar-refractivity contribution in [3.63, 3.8) is 0 Å². The Morgan fingerprint density at radius 2 is 2.24 bits per heavy atom. The zero-order chi connectivity index (χ0) is 12.3. The SMILES string of the molecule is CCCC(C)N(C)c1cccc2c1CCNC2. The predicted molar refractivity (Wildman–Crippen MR) is 74.6 cm³/mol. The van der Waals surface area contributed by atoms with Crippen molar-refractivity contribution in [2.45, 2.75) is 45.7 Å². The monoisotopic (exact) mass is 232 g/mol. The van der Waals surface area contributed by atoms with Crippen molar-refractivity contribution in [2.24, 2.45) is 0 Å². The summed E-state index contributed by atoms with van der Waals surface area (Å²) in [5.74, 6) is 0. The molecule has 0 saturated heterocycles. The third kappa shape index (κ3) is 2.63. The largest absolute Gasteiger partial charge is 0.372 e. The summed E-state index contributed by atoms with van der Waals surface area (Å²) in [5.41, 5.74) is 4.46. The van der Waals surface area contributed by atoms with Crippen molar-refractivity contribution in [3.8, 4) is 0 Å². The van der Waals surface area contributed by atoms with E-state index in [1.165, 1.54) is 24.1 Å². The number of benzene rings is 1. The van der Waals surface area contributed by atoms with E-state index in [0.717, 1.165) is 19.5 Å². The molecule has 17 heavy (non-hydrogen) atoms. The van der Waals surface area contributed by atoms with Crippen molar-refractivity contribution in [3.05, 3.63) is 29.3 Å². The molecule has 2 nitrogen and oxygen atoms in total. The fraction of sp³-hybridized carbons (Fsp3) is 0.600. The van der Waals surface area contributed by atoms with Gasteiger partial charge in [0, 0.05) is 25.3 Å². The molecule has 94 valence electrons. The third-order valence-electron chi connectivity index (χ3n) is 3.86. The highest BCUT2D eigenvalue weighted by molar-refractivity contribution is 5.57. The van der Waals surface area contributed by atoms with E-state index in [1.54, 1.807) is 5.56 Å². The van der Waals surface area contributed by atoms with E-state index in [-0.39, 0.29) is 0 Å². The van der Waals surface area contributed by atoms with E-state index < -0.39 is 0 Å². The lowest BCUT2D eigenvalue weighted by atomic mass is 9.97. The second-order valence-electron chi connectivity index (χ2n) is 5.09. The molecule has 0 bridgehead atoms. The van der Waals surface area contributed by atoms with Crippen LogP contribution < -0.4 is 10.2 Å². The molecule has 0 radical (unpaired) electrons. The zero-order valence-corrected chi connectivity index (χ0v) is 11.3. The summed E-state index contributed by atoms with van der Waals surface area (Å²) < 4.78 is 0. The minimum absolute atomic E-state index is 0.626. The Morgan fingerprint density at radius 3 is 3.00 bits per heavy atom. The highest BCUT2D eigenvalue weighted by Gasteiger charge is 2.17. The Morgan fingerprint density at radius 1 is 1.41 bits per heavy atom. The van der Waals surface area contributed by atoms with Gasteiger partial charge in [0.25, 0.3) is 0 Å². The molecule has 0 saturated carbocycles. The molecule has 1 atom stereocenters. The Bertz CT molecular complexity index is 373. The molecule has 1 unspecified atom stereocenters. The first kappa shape index (κ1) is 12.4. The zero-order valence-electron chi connectivity index (χ0n) is 11.3. The maximum atomic E-state index is 3.44. The molecule has 1 aliphatic rings. The van der Waals surface area contributed by atoms with Gasteiger partial charge in [0.15, 0.2) is 0 Å². The minimum Gasteiger partial charge on any atom is -0.372 e. The minimum atomic E-state index is 0.626. The van der Waals surface area contributed by atoms with Crippen molar-refractivity contribution in [1.29, 1.82) is 0 Å². The van der Waals surface area contributed by atoms with Crippen molar-refractivity contribution >= 4 is 5.69 Å². The average Bonchev–Trinajstić information content (AvgIpc) is 2.37. The quantitative estimate of drug-likeness (QED) is 0.858. The van der Waals surface area contributed by atoms with Crippen LogP contribution in [0.3, 0.4) is 0 Å². The summed E-state index contributed by atoms with van der Waals surface area (Å²) >= 11 is 0. The van der Waals surface area contributed by atoms with Gasteiger partial charge >= 0.3 is 0 Å². The molecule has 0 aliphatic carbocycles. The van der Waals surface area contributed by atoms with Gasteiger partial charge in [-0.3, -0.25) is 0 Å². The summed E-state index contributed by atoms with van der Waals surface area (Å²) in [6.45, 7) is 6.72. The van der Waals surface area contributed by atoms with Gasteiger partial charge in [0.1, 0.15) is 0 Å². The van der Waals surface area contributed by atoms with Crippen LogP contribution in [0.4, 0.5) is 5.69 Å². The Balaban J connectivity index is 2.25. The van der Waals surface area contributed by atoms with Crippen molar-refractivity contribution in [2.75, 3.05) is 18.5 Å². The second-order valence-corrected chi connectivity index (χ2v) is 5.09. The van der Waals surface area contributed by atoms with Crippen LogP contribution in [0.5, 0.6) is 0 Å². The van der Waals surface area contributed by atoms with Crippen molar-refractivity contribution in [1.82, 2.24) is 5.32 Å². The molecule has 1 aromatic rings. The molecule has 1 aromatic carbocycles. The molecule has 1 aliphatic heterocycles. The standard InChI is InChI=1S/C15H24N2/c1-4-6-12(2)17(3)15-8-5-7-13-11-16-10-9-14(13)15/h5,7-8,12,16H,4,6,9-11H2,1-3H3. The van der Waals surface area contributed by atoms with Gasteiger partial charge in [-0.25, -0.2) is 0 Å². The van der Waals surface area contributed by atoms with E-state index >= 15 is 0 Å². The highest BCUT2D eigenvalue weighted by atomic mass is 15.1. The number of nitrogens with zero attached hydrogens (tertiary/aromatic N) is 1. The molecule has 0 amide bonds. The topological polar surface area (TPSA) is 15.3 Å². The normalized spacial score (nSPS) is 16.4. The molecule has 0 spiro atoms. The molecular weight excluding hydrogens is 208 g/mol. The third-order valence-corrected chi connectivity index (χ3v) is 3.86. The van der Waals surface area contributed by atoms with Crippen LogP contribution >= 0.6 is 0 Å². The molecule has 0 fully saturated rings. The van der Waals surface area contributed by atoms with Crippen LogP contribution in [0.15, 0.2) is 18.2 Å². The summed E-state index contributed by atoms with van der Waals surface area (Å²) in [6.07, 6.45) is 3.68. The van der Waals surface area contributed by atoms with E-state index in [2.05, 4.69) is 49.3 Å². The predicted octanol–water partition coefficient (Wildman–Crippen LogP) is 2.96. The van der Waals surface area contributed by atoms with Crippen LogP contribution in [0.2, 0.25) is 0 Å². The van der Waals surface area contributed by atoms with E-state index in [9.17, 15) is 0 Å². The number of nitrogens with one attached hydrogen (secondary N) is 1.